The number of fused-ring (bicyclic) bond motifs is 1. The number of hydrogen-bond acceptors (Lipinski definition) is 5. The van der Waals surface area contributed by atoms with Crippen molar-refractivity contribution in [2.24, 2.45) is 0 Å². The molecule has 1 saturated carbocycles. The van der Waals surface area contributed by atoms with E-state index in [1.807, 2.05) is 65.6 Å². The van der Waals surface area contributed by atoms with E-state index in [4.69, 9.17) is 21.3 Å². The Morgan fingerprint density at radius 2 is 1.84 bits per heavy atom. The lowest BCUT2D eigenvalue weighted by molar-refractivity contribution is 0.0607. The number of ether oxygens (including phenoxy) is 1. The van der Waals surface area contributed by atoms with Gasteiger partial charge in [-0.1, -0.05) is 60.1 Å². The average molecular weight is 546 g/mol. The van der Waals surface area contributed by atoms with E-state index in [0.717, 1.165) is 58.3 Å². The molecule has 38 heavy (non-hydrogen) atoms. The van der Waals surface area contributed by atoms with Crippen LogP contribution in [-0.2, 0) is 0 Å². The Balaban J connectivity index is 1.19. The Morgan fingerprint density at radius 3 is 2.68 bits per heavy atom. The molecule has 6 nitrogen and oxygen atoms in total. The summed E-state index contributed by atoms with van der Waals surface area (Å²) in [7, 11) is 0. The minimum absolute atomic E-state index is 0.0861. The smallest absolute Gasteiger partial charge is 0.410 e. The Bertz CT molecular complexity index is 1490. The van der Waals surface area contributed by atoms with Crippen molar-refractivity contribution in [1.29, 1.82) is 0 Å². The summed E-state index contributed by atoms with van der Waals surface area (Å²) in [6.07, 6.45) is 4.45. The van der Waals surface area contributed by atoms with Gasteiger partial charge in [0.2, 0.25) is 0 Å². The number of nitrogens with one attached hydrogen (secondary N) is 1. The molecule has 0 unspecified atom stereocenters. The number of benzene rings is 3. The standard InChI is InChI=1S/C30H28ClN3O3S/c31-22-10-5-9-21(17-22)27-26(33-28(38-27)20-14-15-20)29(35)34-16-4-3-11-23(34)18-32-30(36)37-25-13-6-8-19-7-1-2-12-24(19)25/h1-2,5-10,12-13,17,20,23H,3-4,11,14-16,18H2,(H,32,36)/t23-/m0/s1. The molecular formula is C30H28ClN3O3S. The van der Waals surface area contributed by atoms with Crippen molar-refractivity contribution in [3.8, 4) is 16.2 Å². The van der Waals surface area contributed by atoms with Crippen LogP contribution >= 0.6 is 22.9 Å². The molecule has 1 aliphatic carbocycles. The highest BCUT2D eigenvalue weighted by atomic mass is 35.5. The van der Waals surface area contributed by atoms with Crippen LogP contribution in [0.5, 0.6) is 5.75 Å². The fourth-order valence-corrected chi connectivity index (χ4v) is 6.46. The third-order valence-corrected chi connectivity index (χ3v) is 8.68. The van der Waals surface area contributed by atoms with Gasteiger partial charge in [-0.05, 0) is 61.3 Å². The number of rotatable bonds is 6. The minimum atomic E-state index is -0.524. The number of carbonyl (C=O) groups is 2. The monoisotopic (exact) mass is 545 g/mol. The number of carbonyl (C=O) groups excluding carboxylic acids is 2. The van der Waals surface area contributed by atoms with Gasteiger partial charge in [0.1, 0.15) is 11.4 Å². The molecule has 4 aromatic rings. The highest BCUT2D eigenvalue weighted by molar-refractivity contribution is 7.15. The zero-order valence-corrected chi connectivity index (χ0v) is 22.4. The fraction of sp³-hybridized carbons (Fsp3) is 0.300. The number of aromatic nitrogens is 1. The van der Waals surface area contributed by atoms with Crippen LogP contribution < -0.4 is 10.1 Å². The maximum absolute atomic E-state index is 13.9. The molecule has 2 aliphatic rings. The van der Waals surface area contributed by atoms with Crippen molar-refractivity contribution in [3.63, 3.8) is 0 Å². The summed E-state index contributed by atoms with van der Waals surface area (Å²) in [5, 5.41) is 6.44. The molecule has 1 N–H and O–H groups in total. The molecule has 3 aromatic carbocycles. The van der Waals surface area contributed by atoms with Crippen molar-refractivity contribution in [3.05, 3.63) is 82.5 Å². The van der Waals surface area contributed by atoms with Crippen LogP contribution in [0.3, 0.4) is 0 Å². The van der Waals surface area contributed by atoms with Gasteiger partial charge < -0.3 is 15.0 Å². The van der Waals surface area contributed by atoms with Crippen molar-refractivity contribution < 1.29 is 14.3 Å². The predicted molar refractivity (Wildman–Crippen MR) is 151 cm³/mol. The average Bonchev–Trinajstić information content (AvgIpc) is 3.70. The van der Waals surface area contributed by atoms with Crippen molar-refractivity contribution >= 4 is 45.7 Å². The van der Waals surface area contributed by atoms with E-state index in [-0.39, 0.29) is 11.9 Å². The third kappa shape index (κ3) is 5.26. The van der Waals surface area contributed by atoms with Gasteiger partial charge in [0.05, 0.1) is 9.88 Å². The zero-order chi connectivity index (χ0) is 26.1. The summed E-state index contributed by atoms with van der Waals surface area (Å²) in [5.41, 5.74) is 1.40. The molecule has 2 heterocycles. The van der Waals surface area contributed by atoms with Gasteiger partial charge in [0.15, 0.2) is 0 Å². The molecule has 2 fully saturated rings. The summed E-state index contributed by atoms with van der Waals surface area (Å²) in [6.45, 7) is 0.955. The first-order valence-electron chi connectivity index (χ1n) is 13.1. The van der Waals surface area contributed by atoms with E-state index in [1.165, 1.54) is 0 Å². The van der Waals surface area contributed by atoms with E-state index in [0.29, 0.717) is 35.5 Å². The molecule has 0 radical (unpaired) electrons. The highest BCUT2D eigenvalue weighted by Crippen LogP contribution is 2.45. The van der Waals surface area contributed by atoms with Gasteiger partial charge in [-0.3, -0.25) is 4.79 Å². The second-order valence-electron chi connectivity index (χ2n) is 9.91. The number of hydrogen-bond donors (Lipinski definition) is 1. The van der Waals surface area contributed by atoms with Crippen molar-refractivity contribution in [2.75, 3.05) is 13.1 Å². The van der Waals surface area contributed by atoms with Crippen LogP contribution in [0.1, 0.15) is 53.5 Å². The molecular weight excluding hydrogens is 518 g/mol. The van der Waals surface area contributed by atoms with Crippen LogP contribution in [0.25, 0.3) is 21.2 Å². The van der Waals surface area contributed by atoms with Crippen LogP contribution in [0.2, 0.25) is 5.02 Å². The maximum atomic E-state index is 13.9. The number of nitrogens with zero attached hydrogens (tertiary/aromatic N) is 2. The molecule has 0 bridgehead atoms. The molecule has 1 saturated heterocycles. The van der Waals surface area contributed by atoms with Gasteiger partial charge in [-0.25, -0.2) is 9.78 Å². The first-order valence-corrected chi connectivity index (χ1v) is 14.3. The molecule has 8 heteroatoms. The van der Waals surface area contributed by atoms with Crippen LogP contribution in [0.4, 0.5) is 4.79 Å². The van der Waals surface area contributed by atoms with Gasteiger partial charge >= 0.3 is 6.09 Å². The Kier molecular flexibility index (Phi) is 7.04. The summed E-state index contributed by atoms with van der Waals surface area (Å²) in [6, 6.07) is 20.9. The van der Waals surface area contributed by atoms with E-state index in [2.05, 4.69) is 5.32 Å². The first-order chi connectivity index (χ1) is 18.6. The lowest BCUT2D eigenvalue weighted by atomic mass is 10.0. The number of likely N-dealkylation sites (tertiary alicyclic amines) is 1. The Hall–Kier alpha value is -3.42. The molecule has 194 valence electrons. The number of piperidine rings is 1. The fourth-order valence-electron chi connectivity index (χ4n) is 5.05. The SMILES string of the molecule is O=C(NC[C@@H]1CCCCN1C(=O)c1nc(C2CC2)sc1-c1cccc(Cl)c1)Oc1cccc2ccccc12. The van der Waals surface area contributed by atoms with Crippen LogP contribution in [0.15, 0.2) is 66.7 Å². The van der Waals surface area contributed by atoms with Crippen molar-refractivity contribution in [2.45, 2.75) is 44.1 Å². The maximum Gasteiger partial charge on any atom is 0.412 e. The Morgan fingerprint density at radius 1 is 1.03 bits per heavy atom. The second-order valence-corrected chi connectivity index (χ2v) is 11.4. The number of amides is 2. The predicted octanol–water partition coefficient (Wildman–Crippen LogP) is 7.28. The van der Waals surface area contributed by atoms with Crippen LogP contribution in [-0.4, -0.2) is 41.0 Å². The second kappa shape index (κ2) is 10.8. The molecule has 1 atom stereocenters. The number of thiazole rings is 1. The lowest BCUT2D eigenvalue weighted by Gasteiger charge is -2.35. The number of halogens is 1. The van der Waals surface area contributed by atoms with Gasteiger partial charge in [-0.15, -0.1) is 11.3 Å². The summed E-state index contributed by atoms with van der Waals surface area (Å²) in [4.78, 5) is 34.2. The lowest BCUT2D eigenvalue weighted by Crippen LogP contribution is -2.50. The molecule has 1 aliphatic heterocycles. The molecule has 2 amide bonds. The van der Waals surface area contributed by atoms with Gasteiger partial charge in [0, 0.05) is 35.5 Å². The van der Waals surface area contributed by atoms with Crippen LogP contribution in [0, 0.1) is 0 Å². The summed E-state index contributed by atoms with van der Waals surface area (Å²) < 4.78 is 5.65. The highest BCUT2D eigenvalue weighted by Gasteiger charge is 2.34. The normalized spacial score (nSPS) is 17.4. The quantitative estimate of drug-likeness (QED) is 0.276. The van der Waals surface area contributed by atoms with E-state index < -0.39 is 6.09 Å². The van der Waals surface area contributed by atoms with Gasteiger partial charge in [0.25, 0.3) is 5.91 Å². The van der Waals surface area contributed by atoms with E-state index >= 15 is 0 Å². The molecule has 1 aromatic heterocycles. The zero-order valence-electron chi connectivity index (χ0n) is 20.9. The molecule has 6 rings (SSSR count). The first kappa shape index (κ1) is 24.9. The summed E-state index contributed by atoms with van der Waals surface area (Å²) in [5.74, 6) is 0.873. The molecule has 0 spiro atoms. The summed E-state index contributed by atoms with van der Waals surface area (Å²) >= 11 is 7.88. The Labute approximate surface area is 230 Å². The largest absolute Gasteiger partial charge is 0.412 e. The third-order valence-electron chi connectivity index (χ3n) is 7.18. The van der Waals surface area contributed by atoms with Crippen molar-refractivity contribution in [1.82, 2.24) is 15.2 Å². The van der Waals surface area contributed by atoms with E-state index in [1.54, 1.807) is 17.4 Å². The van der Waals surface area contributed by atoms with Gasteiger partial charge in [-0.2, -0.15) is 0 Å². The van der Waals surface area contributed by atoms with E-state index in [9.17, 15) is 9.59 Å². The topological polar surface area (TPSA) is 71.5 Å². The minimum Gasteiger partial charge on any atom is -0.410 e.